The van der Waals surface area contributed by atoms with E-state index in [4.69, 9.17) is 14.2 Å². The lowest BCUT2D eigenvalue weighted by molar-refractivity contribution is -0.138. The molecule has 1 unspecified atom stereocenters. The highest BCUT2D eigenvalue weighted by molar-refractivity contribution is 5.38. The van der Waals surface area contributed by atoms with E-state index in [9.17, 15) is 0 Å². The van der Waals surface area contributed by atoms with Gasteiger partial charge in [-0.25, -0.2) is 0 Å². The number of hydrogen-bond acceptors (Lipinski definition) is 4. The minimum Gasteiger partial charge on any atom is -0.496 e. The number of piperidine rings is 1. The minimum atomic E-state index is -0.468. The first-order valence-electron chi connectivity index (χ1n) is 9.26. The average Bonchev–Trinajstić information content (AvgIpc) is 2.93. The molecule has 24 heavy (non-hydrogen) atoms. The molecule has 2 fully saturated rings. The quantitative estimate of drug-likeness (QED) is 0.798. The molecule has 0 saturated carbocycles. The van der Waals surface area contributed by atoms with Crippen LogP contribution in [0.1, 0.15) is 44.2 Å². The largest absolute Gasteiger partial charge is 0.496 e. The first-order valence-corrected chi connectivity index (χ1v) is 9.26. The molecule has 0 amide bonds. The highest BCUT2D eigenvalue weighted by Crippen LogP contribution is 2.28. The molecule has 0 aliphatic carbocycles. The lowest BCUT2D eigenvalue weighted by Crippen LogP contribution is -2.31. The zero-order valence-corrected chi connectivity index (χ0v) is 15.3. The van der Waals surface area contributed by atoms with Gasteiger partial charge in [-0.1, -0.05) is 18.6 Å². The van der Waals surface area contributed by atoms with E-state index >= 15 is 0 Å². The third kappa shape index (κ3) is 4.71. The number of rotatable bonds is 6. The topological polar surface area (TPSA) is 30.9 Å². The van der Waals surface area contributed by atoms with Crippen molar-refractivity contribution in [1.82, 2.24) is 4.90 Å². The van der Waals surface area contributed by atoms with E-state index in [1.807, 2.05) is 13.8 Å². The fraction of sp³-hybridized carbons (Fsp3) is 0.700. The van der Waals surface area contributed by atoms with Crippen LogP contribution >= 0.6 is 0 Å². The second-order valence-corrected chi connectivity index (χ2v) is 7.45. The summed E-state index contributed by atoms with van der Waals surface area (Å²) in [6, 6.07) is 6.58. The molecule has 4 nitrogen and oxygen atoms in total. The van der Waals surface area contributed by atoms with Gasteiger partial charge < -0.3 is 19.1 Å². The first kappa shape index (κ1) is 17.7. The molecule has 2 heterocycles. The van der Waals surface area contributed by atoms with Crippen molar-refractivity contribution < 1.29 is 14.2 Å². The van der Waals surface area contributed by atoms with Crippen LogP contribution in [0.3, 0.4) is 0 Å². The summed E-state index contributed by atoms with van der Waals surface area (Å²) < 4.78 is 17.2. The Labute approximate surface area is 146 Å². The maximum atomic E-state index is 5.96. The zero-order chi connectivity index (χ0) is 17.0. The van der Waals surface area contributed by atoms with Gasteiger partial charge in [0.25, 0.3) is 0 Å². The summed E-state index contributed by atoms with van der Waals surface area (Å²) in [5.74, 6) is 0.481. The van der Waals surface area contributed by atoms with Gasteiger partial charge in [0.05, 0.1) is 19.8 Å². The van der Waals surface area contributed by atoms with Crippen molar-refractivity contribution >= 4 is 0 Å². The Morgan fingerprint density at radius 2 is 2.00 bits per heavy atom. The number of benzene rings is 1. The van der Waals surface area contributed by atoms with Gasteiger partial charge in [0.15, 0.2) is 5.79 Å². The standard InChI is InChI=1S/C20H31NO3/c1-20(2)23-15-18(24-20)14-17-13-16(7-8-19(17)22-3)9-12-21-10-5-4-6-11-21/h7-8,13,18H,4-6,9-12,14-15H2,1-3H3. The average molecular weight is 333 g/mol. The minimum absolute atomic E-state index is 0.103. The van der Waals surface area contributed by atoms with Crippen molar-refractivity contribution in [3.05, 3.63) is 29.3 Å². The number of nitrogens with zero attached hydrogens (tertiary/aromatic N) is 1. The fourth-order valence-corrected chi connectivity index (χ4v) is 3.73. The third-order valence-corrected chi connectivity index (χ3v) is 5.03. The molecular weight excluding hydrogens is 302 g/mol. The van der Waals surface area contributed by atoms with Crippen LogP contribution in [0.2, 0.25) is 0 Å². The van der Waals surface area contributed by atoms with E-state index in [1.165, 1.54) is 43.5 Å². The van der Waals surface area contributed by atoms with Crippen LogP contribution in [-0.4, -0.2) is 50.1 Å². The molecule has 2 saturated heterocycles. The lowest BCUT2D eigenvalue weighted by atomic mass is 10.0. The summed E-state index contributed by atoms with van der Waals surface area (Å²) >= 11 is 0. The smallest absolute Gasteiger partial charge is 0.163 e. The summed E-state index contributed by atoms with van der Waals surface area (Å²) in [5, 5.41) is 0. The van der Waals surface area contributed by atoms with Crippen molar-refractivity contribution in [2.24, 2.45) is 0 Å². The van der Waals surface area contributed by atoms with E-state index in [0.717, 1.165) is 25.1 Å². The Morgan fingerprint density at radius 3 is 2.67 bits per heavy atom. The predicted molar refractivity (Wildman–Crippen MR) is 95.6 cm³/mol. The number of ether oxygens (including phenoxy) is 3. The third-order valence-electron chi connectivity index (χ3n) is 5.03. The van der Waals surface area contributed by atoms with Crippen molar-refractivity contribution in [3.63, 3.8) is 0 Å². The zero-order valence-electron chi connectivity index (χ0n) is 15.3. The van der Waals surface area contributed by atoms with Crippen molar-refractivity contribution in [2.75, 3.05) is 33.4 Å². The van der Waals surface area contributed by atoms with E-state index in [1.54, 1.807) is 7.11 Å². The van der Waals surface area contributed by atoms with E-state index in [-0.39, 0.29) is 6.10 Å². The van der Waals surface area contributed by atoms with Gasteiger partial charge >= 0.3 is 0 Å². The van der Waals surface area contributed by atoms with Gasteiger partial charge in [-0.05, 0) is 63.4 Å². The Bertz CT molecular complexity index is 538. The van der Waals surface area contributed by atoms with Crippen LogP contribution in [-0.2, 0) is 22.3 Å². The number of hydrogen-bond donors (Lipinski definition) is 0. The molecule has 2 aliphatic rings. The molecule has 0 radical (unpaired) electrons. The maximum Gasteiger partial charge on any atom is 0.163 e. The summed E-state index contributed by atoms with van der Waals surface area (Å²) in [5.41, 5.74) is 2.61. The molecular formula is C20H31NO3. The first-order chi connectivity index (χ1) is 11.6. The van der Waals surface area contributed by atoms with Crippen molar-refractivity contribution in [2.45, 2.75) is 57.8 Å². The van der Waals surface area contributed by atoms with Gasteiger partial charge in [0.2, 0.25) is 0 Å². The molecule has 1 aromatic rings. The van der Waals surface area contributed by atoms with E-state index < -0.39 is 5.79 Å². The van der Waals surface area contributed by atoms with E-state index in [0.29, 0.717) is 6.61 Å². The maximum absolute atomic E-state index is 5.96. The molecule has 0 bridgehead atoms. The monoisotopic (exact) mass is 333 g/mol. The summed E-state index contributed by atoms with van der Waals surface area (Å²) in [4.78, 5) is 2.59. The molecule has 2 aliphatic heterocycles. The van der Waals surface area contributed by atoms with Crippen LogP contribution in [0.4, 0.5) is 0 Å². The summed E-state index contributed by atoms with van der Waals surface area (Å²) in [7, 11) is 1.74. The van der Waals surface area contributed by atoms with Gasteiger partial charge in [0.1, 0.15) is 5.75 Å². The van der Waals surface area contributed by atoms with Crippen LogP contribution in [0, 0.1) is 0 Å². The Kier molecular flexibility index (Phi) is 5.80. The molecule has 1 atom stereocenters. The molecule has 134 valence electrons. The predicted octanol–water partition coefficient (Wildman–Crippen LogP) is 3.42. The van der Waals surface area contributed by atoms with Crippen molar-refractivity contribution in [3.8, 4) is 5.75 Å². The SMILES string of the molecule is COc1ccc(CCN2CCCCC2)cc1CC1COC(C)(C)O1. The number of likely N-dealkylation sites (tertiary alicyclic amines) is 1. The van der Waals surface area contributed by atoms with Gasteiger partial charge in [-0.15, -0.1) is 0 Å². The molecule has 3 rings (SSSR count). The van der Waals surface area contributed by atoms with Crippen LogP contribution in [0.15, 0.2) is 18.2 Å². The van der Waals surface area contributed by atoms with E-state index in [2.05, 4.69) is 23.1 Å². The Morgan fingerprint density at radius 1 is 1.21 bits per heavy atom. The van der Waals surface area contributed by atoms with Crippen LogP contribution in [0.25, 0.3) is 0 Å². The van der Waals surface area contributed by atoms with Gasteiger partial charge in [-0.2, -0.15) is 0 Å². The van der Waals surface area contributed by atoms with Gasteiger partial charge in [0, 0.05) is 13.0 Å². The summed E-state index contributed by atoms with van der Waals surface area (Å²) in [6.45, 7) is 8.26. The van der Waals surface area contributed by atoms with Gasteiger partial charge in [-0.3, -0.25) is 0 Å². The normalized spacial score (nSPS) is 24.2. The molecule has 1 aromatic carbocycles. The Balaban J connectivity index is 1.62. The highest BCUT2D eigenvalue weighted by atomic mass is 16.7. The second-order valence-electron chi connectivity index (χ2n) is 7.45. The van der Waals surface area contributed by atoms with Crippen LogP contribution in [0.5, 0.6) is 5.75 Å². The Hall–Kier alpha value is -1.10. The second kappa shape index (κ2) is 7.85. The molecule has 4 heteroatoms. The molecule has 0 aromatic heterocycles. The fourth-order valence-electron chi connectivity index (χ4n) is 3.73. The van der Waals surface area contributed by atoms with Crippen LogP contribution < -0.4 is 4.74 Å². The highest BCUT2D eigenvalue weighted by Gasteiger charge is 2.33. The summed E-state index contributed by atoms with van der Waals surface area (Å²) in [6.07, 6.45) is 6.13. The number of methoxy groups -OCH3 is 1. The molecule has 0 spiro atoms. The lowest BCUT2D eigenvalue weighted by Gasteiger charge is -2.26. The molecule has 0 N–H and O–H groups in total. The van der Waals surface area contributed by atoms with Crippen molar-refractivity contribution in [1.29, 1.82) is 0 Å².